The molecule has 0 bridgehead atoms. The summed E-state index contributed by atoms with van der Waals surface area (Å²) in [5.74, 6) is -2.51. The van der Waals surface area contributed by atoms with Gasteiger partial charge in [-0.3, -0.25) is 4.79 Å². The van der Waals surface area contributed by atoms with Crippen molar-refractivity contribution < 1.29 is 31.1 Å². The summed E-state index contributed by atoms with van der Waals surface area (Å²) < 4.78 is 83.0. The van der Waals surface area contributed by atoms with Crippen LogP contribution in [0.1, 0.15) is 38.8 Å². The Labute approximate surface area is 178 Å². The highest BCUT2D eigenvalue weighted by Gasteiger charge is 2.43. The molecule has 0 unspecified atom stereocenters. The molecular weight excluding hydrogens is 438 g/mol. The summed E-state index contributed by atoms with van der Waals surface area (Å²) in [7, 11) is 1.53. The number of hydrogen-bond donors (Lipinski definition) is 0. The van der Waals surface area contributed by atoms with E-state index in [2.05, 4.69) is 10.2 Å². The largest absolute Gasteiger partial charge is 0.416 e. The predicted octanol–water partition coefficient (Wildman–Crippen LogP) is 4.88. The van der Waals surface area contributed by atoms with E-state index in [-0.39, 0.29) is 34.7 Å². The third-order valence-electron chi connectivity index (χ3n) is 5.44. The minimum atomic E-state index is -4.65. The fourth-order valence-corrected chi connectivity index (χ4v) is 3.81. The van der Waals surface area contributed by atoms with Crippen molar-refractivity contribution in [2.24, 2.45) is 7.05 Å². The molecule has 2 aromatic carbocycles. The van der Waals surface area contributed by atoms with Crippen molar-refractivity contribution in [2.75, 3.05) is 4.90 Å². The van der Waals surface area contributed by atoms with Gasteiger partial charge in [0.1, 0.15) is 12.2 Å². The first-order valence-electron chi connectivity index (χ1n) is 9.47. The first-order chi connectivity index (χ1) is 15.0. The number of benzene rings is 2. The molecule has 0 aliphatic carbocycles. The van der Waals surface area contributed by atoms with Gasteiger partial charge in [-0.05, 0) is 35.4 Å². The normalized spacial score (nSPS) is 15.2. The molecule has 11 heteroatoms. The van der Waals surface area contributed by atoms with Gasteiger partial charge in [0.05, 0.1) is 18.0 Å². The van der Waals surface area contributed by atoms with Crippen molar-refractivity contribution >= 4 is 11.6 Å². The number of aryl methyl sites for hydroxylation is 1. The average molecular weight is 454 g/mol. The van der Waals surface area contributed by atoms with Crippen LogP contribution in [0.3, 0.4) is 0 Å². The molecule has 1 aliphatic rings. The number of nitrogens with zero attached hydrogens (tertiary/aromatic N) is 4. The molecule has 1 aromatic heterocycles. The summed E-state index contributed by atoms with van der Waals surface area (Å²) in [4.78, 5) is 13.8. The number of amides is 1. The highest BCUT2D eigenvalue weighted by atomic mass is 19.4. The van der Waals surface area contributed by atoms with Crippen molar-refractivity contribution in [3.63, 3.8) is 0 Å². The Bertz CT molecular complexity index is 1170. The van der Waals surface area contributed by atoms with Crippen LogP contribution in [0.25, 0.3) is 0 Å². The van der Waals surface area contributed by atoms with E-state index in [1.165, 1.54) is 48.3 Å². The minimum Gasteiger partial charge on any atom is -0.321 e. The fourth-order valence-electron chi connectivity index (χ4n) is 3.81. The lowest BCUT2D eigenvalue weighted by atomic mass is 9.94. The summed E-state index contributed by atoms with van der Waals surface area (Å²) in [5, 5.41) is 7.30. The van der Waals surface area contributed by atoms with Crippen LogP contribution < -0.4 is 4.90 Å². The standard InChI is InChI=1S/C21H16F6N4O/c1-30-11-28-29-18(30)9-17(21(25,26)27)12-4-2-5-13(8-12)31-10-15-14(19(31)32)6-3-7-16(15)20(22,23)24/h2-8,11,17H,9-10H2,1H3/t17-/m0/s1. The second kappa shape index (κ2) is 7.64. The van der Waals surface area contributed by atoms with Crippen LogP contribution in [0.2, 0.25) is 0 Å². The van der Waals surface area contributed by atoms with E-state index >= 15 is 0 Å². The summed E-state index contributed by atoms with van der Waals surface area (Å²) in [6.45, 7) is -0.382. The Morgan fingerprint density at radius 1 is 1.06 bits per heavy atom. The molecule has 0 radical (unpaired) electrons. The molecule has 1 amide bonds. The highest BCUT2D eigenvalue weighted by molar-refractivity contribution is 6.10. The zero-order valence-electron chi connectivity index (χ0n) is 16.6. The molecule has 32 heavy (non-hydrogen) atoms. The van der Waals surface area contributed by atoms with E-state index in [1.807, 2.05) is 0 Å². The van der Waals surface area contributed by atoms with Crippen molar-refractivity contribution in [2.45, 2.75) is 31.2 Å². The molecule has 1 atom stereocenters. The van der Waals surface area contributed by atoms with Gasteiger partial charge in [0.2, 0.25) is 0 Å². The Hall–Kier alpha value is -3.37. The maximum Gasteiger partial charge on any atom is 0.416 e. The van der Waals surface area contributed by atoms with Gasteiger partial charge in [0.25, 0.3) is 5.91 Å². The predicted molar refractivity (Wildman–Crippen MR) is 102 cm³/mol. The van der Waals surface area contributed by atoms with Gasteiger partial charge in [-0.1, -0.05) is 18.2 Å². The second-order valence-corrected chi connectivity index (χ2v) is 7.47. The average Bonchev–Trinajstić information content (AvgIpc) is 3.27. The minimum absolute atomic E-state index is 0.0871. The summed E-state index contributed by atoms with van der Waals surface area (Å²) in [6.07, 6.45) is -8.46. The Morgan fingerprint density at radius 2 is 1.78 bits per heavy atom. The number of carbonyl (C=O) groups is 1. The lowest BCUT2D eigenvalue weighted by Crippen LogP contribution is -2.26. The quantitative estimate of drug-likeness (QED) is 0.528. The number of alkyl halides is 6. The number of anilines is 1. The molecule has 168 valence electrons. The van der Waals surface area contributed by atoms with Crippen molar-refractivity contribution in [3.8, 4) is 0 Å². The summed E-state index contributed by atoms with van der Waals surface area (Å²) >= 11 is 0. The third-order valence-corrected chi connectivity index (χ3v) is 5.44. The maximum atomic E-state index is 13.9. The van der Waals surface area contributed by atoms with Crippen LogP contribution in [0.5, 0.6) is 0 Å². The molecule has 1 aliphatic heterocycles. The van der Waals surface area contributed by atoms with Crippen LogP contribution in [0, 0.1) is 0 Å². The summed E-state index contributed by atoms with van der Waals surface area (Å²) in [6, 6.07) is 8.51. The van der Waals surface area contributed by atoms with Gasteiger partial charge in [-0.2, -0.15) is 26.3 Å². The van der Waals surface area contributed by atoms with Crippen molar-refractivity contribution in [1.82, 2.24) is 14.8 Å². The maximum absolute atomic E-state index is 13.9. The van der Waals surface area contributed by atoms with Crippen LogP contribution >= 0.6 is 0 Å². The molecule has 0 saturated heterocycles. The van der Waals surface area contributed by atoms with Gasteiger partial charge in [0.15, 0.2) is 0 Å². The van der Waals surface area contributed by atoms with E-state index in [0.717, 1.165) is 17.0 Å². The van der Waals surface area contributed by atoms with Crippen LogP contribution in [-0.2, 0) is 26.2 Å². The lowest BCUT2D eigenvalue weighted by Gasteiger charge is -2.23. The third kappa shape index (κ3) is 3.94. The molecule has 0 N–H and O–H groups in total. The van der Waals surface area contributed by atoms with Gasteiger partial charge >= 0.3 is 12.4 Å². The van der Waals surface area contributed by atoms with Gasteiger partial charge in [-0.15, -0.1) is 10.2 Å². The van der Waals surface area contributed by atoms with Crippen molar-refractivity contribution in [3.05, 3.63) is 76.9 Å². The second-order valence-electron chi connectivity index (χ2n) is 7.47. The first-order valence-corrected chi connectivity index (χ1v) is 9.47. The molecule has 0 fully saturated rings. The number of halogens is 6. The Balaban J connectivity index is 1.70. The molecular formula is C21H16F6N4O. The van der Waals surface area contributed by atoms with E-state index < -0.39 is 36.2 Å². The van der Waals surface area contributed by atoms with Gasteiger partial charge in [-0.25, -0.2) is 0 Å². The number of rotatable bonds is 4. The topological polar surface area (TPSA) is 51.0 Å². The van der Waals surface area contributed by atoms with Gasteiger partial charge < -0.3 is 9.47 Å². The van der Waals surface area contributed by atoms with Crippen LogP contribution in [0.15, 0.2) is 48.8 Å². The number of aromatic nitrogens is 3. The first kappa shape index (κ1) is 21.8. The molecule has 3 aromatic rings. The van der Waals surface area contributed by atoms with Crippen molar-refractivity contribution in [1.29, 1.82) is 0 Å². The van der Waals surface area contributed by atoms with E-state index in [9.17, 15) is 31.1 Å². The number of carbonyl (C=O) groups excluding carboxylic acids is 1. The lowest BCUT2D eigenvalue weighted by molar-refractivity contribution is -0.150. The Morgan fingerprint density at radius 3 is 2.41 bits per heavy atom. The molecule has 0 saturated carbocycles. The molecule has 4 rings (SSSR count). The zero-order valence-corrected chi connectivity index (χ0v) is 16.6. The highest BCUT2D eigenvalue weighted by Crippen LogP contribution is 2.41. The number of fused-ring (bicyclic) bond motifs is 1. The zero-order chi connectivity index (χ0) is 23.3. The number of hydrogen-bond acceptors (Lipinski definition) is 3. The van der Waals surface area contributed by atoms with E-state index in [4.69, 9.17) is 0 Å². The molecule has 0 spiro atoms. The molecule has 2 heterocycles. The smallest absolute Gasteiger partial charge is 0.321 e. The van der Waals surface area contributed by atoms with E-state index in [1.54, 1.807) is 0 Å². The Kier molecular flexibility index (Phi) is 5.22. The van der Waals surface area contributed by atoms with E-state index in [0.29, 0.717) is 0 Å². The monoisotopic (exact) mass is 454 g/mol. The fraction of sp³-hybridized carbons (Fsp3) is 0.286. The van der Waals surface area contributed by atoms with Crippen LogP contribution in [-0.4, -0.2) is 26.8 Å². The van der Waals surface area contributed by atoms with Crippen LogP contribution in [0.4, 0.5) is 32.0 Å². The summed E-state index contributed by atoms with van der Waals surface area (Å²) in [5.41, 5.74) is -1.28. The molecule has 5 nitrogen and oxygen atoms in total. The van der Waals surface area contributed by atoms with Gasteiger partial charge in [0, 0.05) is 24.7 Å². The SMILES string of the molecule is Cn1cnnc1C[C@@H](c1cccc(N2Cc3c(cccc3C(F)(F)F)C2=O)c1)C(F)(F)F.